The molecule has 1 amide bonds. The van der Waals surface area contributed by atoms with E-state index in [9.17, 15) is 4.79 Å². The summed E-state index contributed by atoms with van der Waals surface area (Å²) in [4.78, 5) is 19.9. The highest BCUT2D eigenvalue weighted by Crippen LogP contribution is 2.34. The van der Waals surface area contributed by atoms with Crippen LogP contribution in [-0.2, 0) is 11.3 Å². The van der Waals surface area contributed by atoms with Crippen molar-refractivity contribution in [2.75, 3.05) is 24.7 Å². The fraction of sp³-hybridized carbons (Fsp3) is 0.355. The van der Waals surface area contributed by atoms with Crippen molar-refractivity contribution in [1.29, 1.82) is 0 Å². The summed E-state index contributed by atoms with van der Waals surface area (Å²) in [6, 6.07) is 22.3. The van der Waals surface area contributed by atoms with Crippen LogP contribution in [0.4, 0.5) is 5.69 Å². The van der Waals surface area contributed by atoms with E-state index in [1.165, 1.54) is 5.56 Å². The van der Waals surface area contributed by atoms with Gasteiger partial charge < -0.3 is 18.9 Å². The second kappa shape index (κ2) is 11.1. The van der Waals surface area contributed by atoms with Crippen LogP contribution in [0, 0.1) is 13.8 Å². The molecule has 3 aromatic carbocycles. The van der Waals surface area contributed by atoms with Crippen LogP contribution < -0.4 is 14.4 Å². The molecule has 1 unspecified atom stereocenters. The van der Waals surface area contributed by atoms with Crippen molar-refractivity contribution < 1.29 is 14.3 Å². The van der Waals surface area contributed by atoms with Crippen LogP contribution >= 0.6 is 0 Å². The Bertz CT molecular complexity index is 1380. The molecular weight excluding hydrogens is 462 g/mol. The second-order valence-corrected chi connectivity index (χ2v) is 9.77. The molecule has 1 saturated heterocycles. The minimum Gasteiger partial charge on any atom is -0.494 e. The number of rotatable bonds is 10. The Balaban J connectivity index is 1.28. The molecular formula is C31H35N3O3. The molecule has 1 aromatic heterocycles. The number of amides is 1. The monoisotopic (exact) mass is 497 g/mol. The zero-order valence-electron chi connectivity index (χ0n) is 21.9. The lowest BCUT2D eigenvalue weighted by atomic mass is 10.1. The highest BCUT2D eigenvalue weighted by atomic mass is 16.5. The summed E-state index contributed by atoms with van der Waals surface area (Å²) >= 11 is 0. The van der Waals surface area contributed by atoms with Gasteiger partial charge in [0.05, 0.1) is 24.2 Å². The summed E-state index contributed by atoms with van der Waals surface area (Å²) in [6.45, 7) is 8.91. The van der Waals surface area contributed by atoms with E-state index in [1.807, 2.05) is 42.2 Å². The topological polar surface area (TPSA) is 56.6 Å². The normalized spacial score (nSPS) is 15.5. The first-order valence-electron chi connectivity index (χ1n) is 13.2. The molecule has 0 radical (unpaired) electrons. The first-order chi connectivity index (χ1) is 18.0. The number of anilines is 1. The van der Waals surface area contributed by atoms with Crippen LogP contribution in [0.25, 0.3) is 11.0 Å². The Morgan fingerprint density at radius 1 is 0.973 bits per heavy atom. The minimum atomic E-state index is 0.0534. The highest BCUT2D eigenvalue weighted by Gasteiger charge is 2.34. The first-order valence-corrected chi connectivity index (χ1v) is 13.2. The third-order valence-corrected chi connectivity index (χ3v) is 7.01. The number of para-hydroxylation sites is 2. The maximum Gasteiger partial charge on any atom is 0.227 e. The Morgan fingerprint density at radius 3 is 2.59 bits per heavy atom. The van der Waals surface area contributed by atoms with E-state index < -0.39 is 0 Å². The smallest absolute Gasteiger partial charge is 0.227 e. The lowest BCUT2D eigenvalue weighted by Crippen LogP contribution is -2.24. The lowest BCUT2D eigenvalue weighted by molar-refractivity contribution is -0.117. The molecule has 6 heteroatoms. The maximum atomic E-state index is 13.0. The first kappa shape index (κ1) is 24.9. The Labute approximate surface area is 218 Å². The van der Waals surface area contributed by atoms with Crippen molar-refractivity contribution in [3.63, 3.8) is 0 Å². The van der Waals surface area contributed by atoms with Crippen LogP contribution in [0.15, 0.2) is 66.7 Å². The predicted molar refractivity (Wildman–Crippen MR) is 148 cm³/mol. The van der Waals surface area contributed by atoms with Crippen molar-refractivity contribution in [2.45, 2.75) is 52.5 Å². The number of aromatic nitrogens is 2. The fourth-order valence-corrected chi connectivity index (χ4v) is 5.08. The van der Waals surface area contributed by atoms with Gasteiger partial charge in [-0.2, -0.15) is 0 Å². The summed E-state index contributed by atoms with van der Waals surface area (Å²) < 4.78 is 13.9. The van der Waals surface area contributed by atoms with Gasteiger partial charge in [-0.3, -0.25) is 4.79 Å². The predicted octanol–water partition coefficient (Wildman–Crippen LogP) is 6.43. The van der Waals surface area contributed by atoms with Crippen molar-refractivity contribution in [2.24, 2.45) is 0 Å². The average Bonchev–Trinajstić information content (AvgIpc) is 3.47. The van der Waals surface area contributed by atoms with E-state index in [0.29, 0.717) is 26.2 Å². The molecule has 0 bridgehead atoms. The number of ether oxygens (including phenoxy) is 2. The zero-order valence-corrected chi connectivity index (χ0v) is 21.9. The third-order valence-electron chi connectivity index (χ3n) is 7.01. The summed E-state index contributed by atoms with van der Waals surface area (Å²) in [6.07, 6.45) is 2.38. The van der Waals surface area contributed by atoms with Gasteiger partial charge in [-0.25, -0.2) is 4.98 Å². The molecule has 1 fully saturated rings. The SMILES string of the molecule is CCOc1ccc(N2CC(c3nc4ccccc4n3CCCCOc3cc(C)ccc3C)CC2=O)cc1. The van der Waals surface area contributed by atoms with Crippen LogP contribution in [0.1, 0.15) is 49.1 Å². The number of carbonyl (C=O) groups is 1. The molecule has 1 aliphatic heterocycles. The van der Waals surface area contributed by atoms with Crippen LogP contribution in [0.3, 0.4) is 0 Å². The van der Waals surface area contributed by atoms with Crippen molar-refractivity contribution >= 4 is 22.6 Å². The van der Waals surface area contributed by atoms with Crippen molar-refractivity contribution in [3.05, 3.63) is 83.7 Å². The Hall–Kier alpha value is -3.80. The summed E-state index contributed by atoms with van der Waals surface area (Å²) in [7, 11) is 0. The summed E-state index contributed by atoms with van der Waals surface area (Å²) in [5, 5.41) is 0. The number of nitrogens with zero attached hydrogens (tertiary/aromatic N) is 3. The molecule has 0 aliphatic carbocycles. The third kappa shape index (κ3) is 5.48. The van der Waals surface area contributed by atoms with Gasteiger partial charge in [-0.1, -0.05) is 24.3 Å². The van der Waals surface area contributed by atoms with E-state index >= 15 is 0 Å². The molecule has 0 spiro atoms. The van der Waals surface area contributed by atoms with E-state index in [2.05, 4.69) is 54.8 Å². The summed E-state index contributed by atoms with van der Waals surface area (Å²) in [5.41, 5.74) is 5.38. The van der Waals surface area contributed by atoms with E-state index in [0.717, 1.165) is 59.0 Å². The van der Waals surface area contributed by atoms with Gasteiger partial charge in [0.2, 0.25) is 5.91 Å². The quantitative estimate of drug-likeness (QED) is 0.237. The fourth-order valence-electron chi connectivity index (χ4n) is 5.08. The standard InChI is InChI=1S/C31H35N3O3/c1-4-36-26-15-13-25(14-16-26)34-21-24(20-30(34)35)31-32-27-9-5-6-10-28(27)33(31)17-7-8-18-37-29-19-22(2)11-12-23(29)3/h5-6,9-16,19,24H,4,7-8,17-18,20-21H2,1-3H3. The Morgan fingerprint density at radius 2 is 1.78 bits per heavy atom. The average molecular weight is 498 g/mol. The Kier molecular flexibility index (Phi) is 7.45. The minimum absolute atomic E-state index is 0.0534. The number of unbranched alkanes of at least 4 members (excludes halogenated alkanes) is 1. The van der Waals surface area contributed by atoms with Gasteiger partial charge >= 0.3 is 0 Å². The number of aryl methyl sites for hydroxylation is 3. The molecule has 6 nitrogen and oxygen atoms in total. The molecule has 4 aromatic rings. The van der Waals surface area contributed by atoms with Crippen molar-refractivity contribution in [3.8, 4) is 11.5 Å². The molecule has 2 heterocycles. The number of hydrogen-bond acceptors (Lipinski definition) is 4. The number of imidazole rings is 1. The molecule has 192 valence electrons. The number of carbonyl (C=O) groups excluding carboxylic acids is 1. The molecule has 37 heavy (non-hydrogen) atoms. The van der Waals surface area contributed by atoms with Gasteiger partial charge in [0.25, 0.3) is 0 Å². The van der Waals surface area contributed by atoms with Gasteiger partial charge in [0.1, 0.15) is 17.3 Å². The lowest BCUT2D eigenvalue weighted by Gasteiger charge is -2.18. The number of fused-ring (bicyclic) bond motifs is 1. The molecule has 0 N–H and O–H groups in total. The van der Waals surface area contributed by atoms with Gasteiger partial charge in [-0.05, 0) is 87.2 Å². The largest absolute Gasteiger partial charge is 0.494 e. The number of hydrogen-bond donors (Lipinski definition) is 0. The van der Waals surface area contributed by atoms with E-state index in [4.69, 9.17) is 14.5 Å². The highest BCUT2D eigenvalue weighted by molar-refractivity contribution is 5.96. The summed E-state index contributed by atoms with van der Waals surface area (Å²) in [5.74, 6) is 2.97. The zero-order chi connectivity index (χ0) is 25.8. The van der Waals surface area contributed by atoms with Gasteiger partial charge in [0.15, 0.2) is 0 Å². The van der Waals surface area contributed by atoms with E-state index in [1.54, 1.807) is 0 Å². The number of benzene rings is 3. The maximum absolute atomic E-state index is 13.0. The molecule has 5 rings (SSSR count). The van der Waals surface area contributed by atoms with Gasteiger partial charge in [0, 0.05) is 31.1 Å². The van der Waals surface area contributed by atoms with Crippen LogP contribution in [0.2, 0.25) is 0 Å². The van der Waals surface area contributed by atoms with Crippen LogP contribution in [0.5, 0.6) is 11.5 Å². The molecule has 1 aliphatic rings. The van der Waals surface area contributed by atoms with Crippen LogP contribution in [-0.4, -0.2) is 35.2 Å². The van der Waals surface area contributed by atoms with Gasteiger partial charge in [-0.15, -0.1) is 0 Å². The van der Waals surface area contributed by atoms with Crippen molar-refractivity contribution in [1.82, 2.24) is 9.55 Å². The molecule has 0 saturated carbocycles. The molecule has 1 atom stereocenters. The van der Waals surface area contributed by atoms with E-state index in [-0.39, 0.29) is 11.8 Å². The second-order valence-electron chi connectivity index (χ2n) is 9.77.